The summed E-state index contributed by atoms with van der Waals surface area (Å²) >= 11 is 6.02. The zero-order valence-corrected chi connectivity index (χ0v) is 20.2. The Kier molecular flexibility index (Phi) is 5.78. The predicted molar refractivity (Wildman–Crippen MR) is 123 cm³/mol. The maximum atomic E-state index is 13.3. The number of ether oxygens (including phenoxy) is 1. The molecule has 172 valence electrons. The minimum absolute atomic E-state index is 0.151. The molecule has 0 spiro atoms. The van der Waals surface area contributed by atoms with Gasteiger partial charge >= 0.3 is 0 Å². The summed E-state index contributed by atoms with van der Waals surface area (Å²) in [6, 6.07) is 0. The number of halogens is 1. The molecular formula is C26H39ClN2O2. The van der Waals surface area contributed by atoms with Gasteiger partial charge in [-0.05, 0) is 91.8 Å². The van der Waals surface area contributed by atoms with Crippen LogP contribution in [0.2, 0.25) is 5.02 Å². The fourth-order valence-electron chi connectivity index (χ4n) is 9.04. The lowest BCUT2D eigenvalue weighted by Crippen LogP contribution is -2.56. The van der Waals surface area contributed by atoms with E-state index in [0.717, 1.165) is 36.7 Å². The first-order chi connectivity index (χ1) is 14.9. The first-order valence-electron chi connectivity index (χ1n) is 12.6. The van der Waals surface area contributed by atoms with Crippen LogP contribution in [0.15, 0.2) is 12.4 Å². The van der Waals surface area contributed by atoms with E-state index in [1.807, 2.05) is 7.11 Å². The van der Waals surface area contributed by atoms with Gasteiger partial charge in [0.1, 0.15) is 0 Å². The van der Waals surface area contributed by atoms with Gasteiger partial charge in [0.2, 0.25) is 0 Å². The van der Waals surface area contributed by atoms with E-state index in [2.05, 4.69) is 18.9 Å². The monoisotopic (exact) mass is 446 g/mol. The van der Waals surface area contributed by atoms with Gasteiger partial charge in [0.25, 0.3) is 0 Å². The third kappa shape index (κ3) is 3.51. The van der Waals surface area contributed by atoms with E-state index in [1.54, 1.807) is 17.1 Å². The van der Waals surface area contributed by atoms with Gasteiger partial charge in [-0.15, -0.1) is 0 Å². The van der Waals surface area contributed by atoms with Gasteiger partial charge in [-0.25, -0.2) is 0 Å². The Morgan fingerprint density at radius 1 is 1.19 bits per heavy atom. The van der Waals surface area contributed by atoms with Gasteiger partial charge in [-0.2, -0.15) is 5.10 Å². The molecule has 31 heavy (non-hydrogen) atoms. The van der Waals surface area contributed by atoms with Crippen molar-refractivity contribution in [3.05, 3.63) is 17.4 Å². The van der Waals surface area contributed by atoms with Gasteiger partial charge in [0.15, 0.2) is 5.78 Å². The van der Waals surface area contributed by atoms with Crippen molar-refractivity contribution in [2.75, 3.05) is 13.7 Å². The zero-order chi connectivity index (χ0) is 21.8. The van der Waals surface area contributed by atoms with Crippen LogP contribution in [0.3, 0.4) is 0 Å². The van der Waals surface area contributed by atoms with Crippen molar-refractivity contribution in [1.82, 2.24) is 9.78 Å². The molecule has 7 unspecified atom stereocenters. The molecule has 8 atom stereocenters. The Morgan fingerprint density at radius 2 is 2.03 bits per heavy atom. The highest BCUT2D eigenvalue weighted by Crippen LogP contribution is 2.68. The summed E-state index contributed by atoms with van der Waals surface area (Å²) in [6.07, 6.45) is 15.0. The maximum Gasteiger partial charge on any atom is 0.157 e. The van der Waals surface area contributed by atoms with Crippen molar-refractivity contribution in [2.45, 2.75) is 78.2 Å². The Morgan fingerprint density at radius 3 is 2.77 bits per heavy atom. The standard InChI is InChI=1S/C26H39ClN2O2/c1-17-8-11-26(16-31-3)18(12-17)4-5-20-21-6-7-23(25(21,2)10-9-22(20)26)24(30)15-29-14-19(27)13-28-29/h13-14,17-18,20-23H,4-12,15-16H2,1-3H3/t17-,18?,20?,21?,22?,23?,25?,26?/m0/s1. The predicted octanol–water partition coefficient (Wildman–Crippen LogP) is 6.03. The second-order valence-electron chi connectivity index (χ2n) is 11.7. The lowest BCUT2D eigenvalue weighted by Gasteiger charge is -2.61. The summed E-state index contributed by atoms with van der Waals surface area (Å²) in [7, 11) is 1.91. The third-order valence-electron chi connectivity index (χ3n) is 10.3. The van der Waals surface area contributed by atoms with Gasteiger partial charge in [-0.3, -0.25) is 9.48 Å². The number of fused-ring (bicyclic) bond motifs is 5. The average molecular weight is 447 g/mol. The number of Topliss-reactive ketones (excluding diaryl/α,β-unsaturated/α-hetero) is 1. The van der Waals surface area contributed by atoms with E-state index in [0.29, 0.717) is 28.7 Å². The molecule has 0 aromatic carbocycles. The summed E-state index contributed by atoms with van der Waals surface area (Å²) in [5.74, 6) is 4.48. The topological polar surface area (TPSA) is 44.1 Å². The first kappa shape index (κ1) is 21.9. The number of hydrogen-bond donors (Lipinski definition) is 0. The molecule has 0 aliphatic heterocycles. The molecule has 1 aromatic rings. The molecule has 4 fully saturated rings. The molecule has 1 heterocycles. The van der Waals surface area contributed by atoms with Gasteiger partial charge < -0.3 is 4.74 Å². The summed E-state index contributed by atoms with van der Waals surface area (Å²) in [6.45, 7) is 6.19. The summed E-state index contributed by atoms with van der Waals surface area (Å²) in [5, 5.41) is 4.85. The Labute approximate surface area is 192 Å². The minimum atomic E-state index is 0.151. The number of ketones is 1. The highest BCUT2D eigenvalue weighted by molar-refractivity contribution is 6.30. The maximum absolute atomic E-state index is 13.3. The highest BCUT2D eigenvalue weighted by Gasteiger charge is 2.62. The van der Waals surface area contributed by atoms with E-state index in [9.17, 15) is 4.79 Å². The number of carbonyl (C=O) groups excluding carboxylic acids is 1. The van der Waals surface area contributed by atoms with Crippen LogP contribution >= 0.6 is 11.6 Å². The molecule has 0 radical (unpaired) electrons. The van der Waals surface area contributed by atoms with Crippen molar-refractivity contribution in [2.24, 2.45) is 46.3 Å². The van der Waals surface area contributed by atoms with Crippen LogP contribution in [-0.2, 0) is 16.1 Å². The molecule has 4 aliphatic rings. The van der Waals surface area contributed by atoms with Crippen LogP contribution in [0.4, 0.5) is 0 Å². The minimum Gasteiger partial charge on any atom is -0.384 e. The lowest BCUT2D eigenvalue weighted by atomic mass is 9.44. The van der Waals surface area contributed by atoms with E-state index >= 15 is 0 Å². The summed E-state index contributed by atoms with van der Waals surface area (Å²) in [4.78, 5) is 13.3. The Hall–Kier alpha value is -0.870. The number of nitrogens with zero attached hydrogens (tertiary/aromatic N) is 2. The lowest BCUT2D eigenvalue weighted by molar-refractivity contribution is -0.154. The highest BCUT2D eigenvalue weighted by atomic mass is 35.5. The van der Waals surface area contributed by atoms with Gasteiger partial charge in [0.05, 0.1) is 24.4 Å². The number of carbonyl (C=O) groups is 1. The van der Waals surface area contributed by atoms with E-state index in [4.69, 9.17) is 16.3 Å². The molecule has 0 N–H and O–H groups in total. The molecule has 0 saturated heterocycles. The first-order valence-corrected chi connectivity index (χ1v) is 12.9. The molecule has 4 aliphatic carbocycles. The third-order valence-corrected chi connectivity index (χ3v) is 10.5. The average Bonchev–Trinajstić information content (AvgIpc) is 3.30. The van der Waals surface area contributed by atoms with Crippen LogP contribution < -0.4 is 0 Å². The second-order valence-corrected chi connectivity index (χ2v) is 12.1. The van der Waals surface area contributed by atoms with Crippen LogP contribution in [0.5, 0.6) is 0 Å². The number of rotatable bonds is 5. The molecular weight excluding hydrogens is 408 g/mol. The van der Waals surface area contributed by atoms with Gasteiger partial charge in [-0.1, -0.05) is 31.9 Å². The fraction of sp³-hybridized carbons (Fsp3) is 0.846. The second kappa shape index (κ2) is 8.17. The summed E-state index contributed by atoms with van der Waals surface area (Å²) in [5.41, 5.74) is 0.539. The Bertz CT molecular complexity index is 824. The van der Waals surface area contributed by atoms with E-state index in [1.165, 1.54) is 51.4 Å². The smallest absolute Gasteiger partial charge is 0.157 e. The zero-order valence-electron chi connectivity index (χ0n) is 19.5. The molecule has 4 nitrogen and oxygen atoms in total. The van der Waals surface area contributed by atoms with Crippen LogP contribution in [-0.4, -0.2) is 29.3 Å². The summed E-state index contributed by atoms with van der Waals surface area (Å²) < 4.78 is 7.63. The van der Waals surface area contributed by atoms with Crippen LogP contribution in [0, 0.1) is 46.3 Å². The molecule has 0 amide bonds. The number of aromatic nitrogens is 2. The molecule has 4 saturated carbocycles. The van der Waals surface area contributed by atoms with Crippen molar-refractivity contribution in [3.8, 4) is 0 Å². The SMILES string of the molecule is COCC12CC[C@H](C)CC1CCC1C3CCC(C(=O)Cn4cc(Cl)cn4)C3(C)CCC12. The van der Waals surface area contributed by atoms with Crippen molar-refractivity contribution >= 4 is 17.4 Å². The van der Waals surface area contributed by atoms with Gasteiger partial charge in [0, 0.05) is 19.2 Å². The largest absolute Gasteiger partial charge is 0.384 e. The van der Waals surface area contributed by atoms with Crippen LogP contribution in [0.1, 0.15) is 71.6 Å². The fourth-order valence-corrected chi connectivity index (χ4v) is 9.19. The number of hydrogen-bond acceptors (Lipinski definition) is 3. The van der Waals surface area contributed by atoms with Crippen LogP contribution in [0.25, 0.3) is 0 Å². The number of methoxy groups -OCH3 is 1. The molecule has 0 bridgehead atoms. The van der Waals surface area contributed by atoms with Crippen molar-refractivity contribution in [3.63, 3.8) is 0 Å². The molecule has 5 heteroatoms. The van der Waals surface area contributed by atoms with E-state index in [-0.39, 0.29) is 11.3 Å². The Balaban J connectivity index is 1.37. The quantitative estimate of drug-likeness (QED) is 0.554. The molecule has 5 rings (SSSR count). The normalized spacial score (nSPS) is 44.4. The van der Waals surface area contributed by atoms with Crippen molar-refractivity contribution in [1.29, 1.82) is 0 Å². The van der Waals surface area contributed by atoms with E-state index < -0.39 is 0 Å². The van der Waals surface area contributed by atoms with Crippen molar-refractivity contribution < 1.29 is 9.53 Å². The molecule has 1 aromatic heterocycles.